The van der Waals surface area contributed by atoms with Gasteiger partial charge in [0.1, 0.15) is 0 Å². The molecular formula is C7H15NS2. The summed E-state index contributed by atoms with van der Waals surface area (Å²) in [6, 6.07) is 0. The van der Waals surface area contributed by atoms with Crippen LogP contribution in [0.5, 0.6) is 0 Å². The Kier molecular flexibility index (Phi) is 3.96. The van der Waals surface area contributed by atoms with Gasteiger partial charge < -0.3 is 5.32 Å². The normalized spacial score (nSPS) is 28.8. The van der Waals surface area contributed by atoms with E-state index in [1.165, 1.54) is 25.9 Å². The minimum absolute atomic E-state index is 0.716. The van der Waals surface area contributed by atoms with Crippen LogP contribution in [0.1, 0.15) is 19.8 Å². The summed E-state index contributed by atoms with van der Waals surface area (Å²) in [5.41, 5.74) is 0. The van der Waals surface area contributed by atoms with E-state index in [1.807, 2.05) is 0 Å². The van der Waals surface area contributed by atoms with Gasteiger partial charge >= 0.3 is 0 Å². The minimum Gasteiger partial charge on any atom is -0.316 e. The molecule has 1 rings (SSSR count). The molecule has 10 heavy (non-hydrogen) atoms. The number of hydrogen-bond donors (Lipinski definition) is 2. The molecule has 1 fully saturated rings. The van der Waals surface area contributed by atoms with E-state index < -0.39 is 0 Å². The van der Waals surface area contributed by atoms with Crippen LogP contribution in [0.3, 0.4) is 0 Å². The molecule has 1 aliphatic rings. The van der Waals surface area contributed by atoms with Crippen LogP contribution in [0.15, 0.2) is 0 Å². The summed E-state index contributed by atoms with van der Waals surface area (Å²) < 4.78 is 0. The van der Waals surface area contributed by atoms with Gasteiger partial charge in [0.25, 0.3) is 0 Å². The van der Waals surface area contributed by atoms with Crippen LogP contribution >= 0.6 is 22.5 Å². The molecule has 0 aromatic rings. The molecule has 1 nitrogen and oxygen atoms in total. The maximum Gasteiger partial charge on any atom is 0.0123 e. The van der Waals surface area contributed by atoms with Crippen molar-refractivity contribution in [2.75, 3.05) is 13.1 Å². The fourth-order valence-corrected chi connectivity index (χ4v) is 2.04. The van der Waals surface area contributed by atoms with Crippen LogP contribution in [-0.4, -0.2) is 18.3 Å². The van der Waals surface area contributed by atoms with Gasteiger partial charge in [-0.3, -0.25) is 0 Å². The first-order valence-corrected chi connectivity index (χ1v) is 5.77. The lowest BCUT2D eigenvalue weighted by Crippen LogP contribution is -2.11. The first-order chi connectivity index (χ1) is 4.83. The molecule has 0 bridgehead atoms. The predicted octanol–water partition coefficient (Wildman–Crippen LogP) is 1.95. The largest absolute Gasteiger partial charge is 0.316 e. The maximum absolute atomic E-state index is 4.18. The van der Waals surface area contributed by atoms with E-state index in [4.69, 9.17) is 0 Å². The smallest absolute Gasteiger partial charge is 0.0123 e. The fraction of sp³-hybridized carbons (Fsp3) is 1.00. The number of nitrogens with one attached hydrogen (secondary N) is 1. The van der Waals surface area contributed by atoms with Crippen molar-refractivity contribution in [3.63, 3.8) is 0 Å². The molecule has 1 unspecified atom stereocenters. The molecular weight excluding hydrogens is 162 g/mol. The third-order valence-electron chi connectivity index (χ3n) is 2.01. The van der Waals surface area contributed by atoms with Gasteiger partial charge in [0.05, 0.1) is 0 Å². The van der Waals surface area contributed by atoms with Crippen molar-refractivity contribution in [3.05, 3.63) is 0 Å². The molecule has 1 saturated heterocycles. The molecule has 60 valence electrons. The second-order valence-corrected chi connectivity index (χ2v) is 4.66. The zero-order valence-electron chi connectivity index (χ0n) is 6.34. The molecule has 1 N–H and O–H groups in total. The average molecular weight is 177 g/mol. The van der Waals surface area contributed by atoms with Crippen LogP contribution in [0.2, 0.25) is 0 Å². The second kappa shape index (κ2) is 4.52. The minimum atomic E-state index is 0.716. The molecule has 3 heteroatoms. The van der Waals surface area contributed by atoms with Gasteiger partial charge in [0.15, 0.2) is 0 Å². The maximum atomic E-state index is 4.18. The number of thiol groups is 1. The lowest BCUT2D eigenvalue weighted by Gasteiger charge is -2.11. The molecule has 1 aliphatic heterocycles. The first kappa shape index (κ1) is 8.75. The van der Waals surface area contributed by atoms with E-state index >= 15 is 0 Å². The van der Waals surface area contributed by atoms with E-state index in [0.717, 1.165) is 5.92 Å². The summed E-state index contributed by atoms with van der Waals surface area (Å²) in [6.45, 7) is 4.68. The summed E-state index contributed by atoms with van der Waals surface area (Å²) in [5, 5.41) is 4.08. The Morgan fingerprint density at radius 3 is 3.10 bits per heavy atom. The zero-order valence-corrected chi connectivity index (χ0v) is 8.05. The highest BCUT2D eigenvalue weighted by Gasteiger charge is 2.16. The molecule has 0 aliphatic carbocycles. The molecule has 2 atom stereocenters. The third kappa shape index (κ3) is 2.72. The fourth-order valence-electron chi connectivity index (χ4n) is 1.43. The highest BCUT2D eigenvalue weighted by molar-refractivity contribution is 8.68. The van der Waals surface area contributed by atoms with Crippen LogP contribution in [0.4, 0.5) is 0 Å². The molecule has 0 saturated carbocycles. The molecule has 0 spiro atoms. The van der Waals surface area contributed by atoms with Crippen molar-refractivity contribution in [3.8, 4) is 0 Å². The standard InChI is InChI=1S/C7H15NS2/c1-6(10-9)4-7-2-3-8-5-7/h6-9H,2-5H2,1H3/t6?,7-/m0/s1. The summed E-state index contributed by atoms with van der Waals surface area (Å²) in [7, 11) is 1.68. The number of rotatable bonds is 3. The van der Waals surface area contributed by atoms with Crippen molar-refractivity contribution in [1.29, 1.82) is 0 Å². The van der Waals surface area contributed by atoms with Crippen molar-refractivity contribution < 1.29 is 0 Å². The van der Waals surface area contributed by atoms with Crippen molar-refractivity contribution >= 4 is 22.5 Å². The monoisotopic (exact) mass is 177 g/mol. The summed E-state index contributed by atoms with van der Waals surface area (Å²) in [5.74, 6) is 0.912. The predicted molar refractivity (Wildman–Crippen MR) is 51.6 cm³/mol. The van der Waals surface area contributed by atoms with Crippen LogP contribution in [-0.2, 0) is 0 Å². The van der Waals surface area contributed by atoms with E-state index in [2.05, 4.69) is 23.9 Å². The average Bonchev–Trinajstić information content (AvgIpc) is 2.40. The number of hydrogen-bond acceptors (Lipinski definition) is 3. The van der Waals surface area contributed by atoms with Crippen LogP contribution < -0.4 is 5.32 Å². The summed E-state index contributed by atoms with van der Waals surface area (Å²) in [4.78, 5) is 0. The van der Waals surface area contributed by atoms with Crippen LogP contribution in [0, 0.1) is 5.92 Å². The molecule has 0 radical (unpaired) electrons. The molecule has 1 heterocycles. The first-order valence-electron chi connectivity index (χ1n) is 3.84. The van der Waals surface area contributed by atoms with Crippen molar-refractivity contribution in [2.45, 2.75) is 25.0 Å². The Labute approximate surface area is 72.2 Å². The van der Waals surface area contributed by atoms with Gasteiger partial charge in [0, 0.05) is 5.25 Å². The van der Waals surface area contributed by atoms with Crippen LogP contribution in [0.25, 0.3) is 0 Å². The topological polar surface area (TPSA) is 12.0 Å². The van der Waals surface area contributed by atoms with E-state index in [9.17, 15) is 0 Å². The summed E-state index contributed by atoms with van der Waals surface area (Å²) in [6.07, 6.45) is 2.68. The third-order valence-corrected chi connectivity index (χ3v) is 3.64. The van der Waals surface area contributed by atoms with Gasteiger partial charge in [-0.1, -0.05) is 17.7 Å². The Bertz CT molecular complexity index is 91.6. The molecule has 0 aromatic heterocycles. The Hall–Kier alpha value is 0.660. The Morgan fingerprint density at radius 1 is 1.80 bits per heavy atom. The molecule has 0 aromatic carbocycles. The molecule has 0 amide bonds. The second-order valence-electron chi connectivity index (χ2n) is 3.01. The van der Waals surface area contributed by atoms with Gasteiger partial charge in [0.2, 0.25) is 0 Å². The van der Waals surface area contributed by atoms with Gasteiger partial charge in [-0.05, 0) is 31.8 Å². The Morgan fingerprint density at radius 2 is 2.60 bits per heavy atom. The SMILES string of the molecule is CC(C[C@@H]1CCNC1)SS. The van der Waals surface area contributed by atoms with E-state index in [1.54, 1.807) is 10.8 Å². The summed E-state index contributed by atoms with van der Waals surface area (Å²) >= 11 is 4.18. The lowest BCUT2D eigenvalue weighted by molar-refractivity contribution is 0.533. The van der Waals surface area contributed by atoms with Gasteiger partial charge in [-0.2, -0.15) is 0 Å². The highest BCUT2D eigenvalue weighted by atomic mass is 33.1. The lowest BCUT2D eigenvalue weighted by atomic mass is 10.0. The van der Waals surface area contributed by atoms with Crippen molar-refractivity contribution in [2.24, 2.45) is 5.92 Å². The van der Waals surface area contributed by atoms with Crippen molar-refractivity contribution in [1.82, 2.24) is 5.32 Å². The van der Waals surface area contributed by atoms with Gasteiger partial charge in [-0.25, -0.2) is 0 Å². The zero-order chi connectivity index (χ0) is 7.40. The quantitative estimate of drug-likeness (QED) is 0.505. The Balaban J connectivity index is 2.11. The highest BCUT2D eigenvalue weighted by Crippen LogP contribution is 2.24. The van der Waals surface area contributed by atoms with Gasteiger partial charge in [-0.15, -0.1) is 11.7 Å². The van der Waals surface area contributed by atoms with E-state index in [-0.39, 0.29) is 0 Å². The van der Waals surface area contributed by atoms with E-state index in [0.29, 0.717) is 5.25 Å².